The van der Waals surface area contributed by atoms with E-state index in [0.717, 1.165) is 0 Å². The molecule has 2 heteroatoms. The fourth-order valence-electron chi connectivity index (χ4n) is 0.828. The van der Waals surface area contributed by atoms with Crippen molar-refractivity contribution in [3.05, 3.63) is 30.1 Å². The van der Waals surface area contributed by atoms with Crippen LogP contribution in [0.4, 0.5) is 0 Å². The molecule has 1 aromatic heterocycles. The standard InChI is InChI=1S/C8H12N2/c1-10-6-4-8(7-10)3-2-5-9/h2-4,6-7H,5,9H2,1H3. The van der Waals surface area contributed by atoms with Gasteiger partial charge in [-0.1, -0.05) is 12.2 Å². The second-order valence-electron chi connectivity index (χ2n) is 2.25. The van der Waals surface area contributed by atoms with Crippen LogP contribution in [-0.2, 0) is 7.05 Å². The van der Waals surface area contributed by atoms with Crippen LogP contribution in [-0.4, -0.2) is 11.1 Å². The maximum absolute atomic E-state index is 5.29. The average Bonchev–Trinajstić information content (AvgIpc) is 2.31. The molecule has 1 rings (SSSR count). The molecular weight excluding hydrogens is 124 g/mol. The van der Waals surface area contributed by atoms with Crippen molar-refractivity contribution in [3.63, 3.8) is 0 Å². The third kappa shape index (κ3) is 1.74. The van der Waals surface area contributed by atoms with E-state index in [1.807, 2.05) is 42.2 Å². The molecule has 0 atom stereocenters. The first-order chi connectivity index (χ1) is 4.83. The van der Waals surface area contributed by atoms with Crippen molar-refractivity contribution >= 4 is 6.08 Å². The number of nitrogens with zero attached hydrogens (tertiary/aromatic N) is 1. The SMILES string of the molecule is Cn1ccc(C=CCN)c1. The number of aryl methyl sites for hydroxylation is 1. The molecule has 0 bridgehead atoms. The van der Waals surface area contributed by atoms with Crippen molar-refractivity contribution in [2.45, 2.75) is 0 Å². The average molecular weight is 136 g/mol. The fourth-order valence-corrected chi connectivity index (χ4v) is 0.828. The second-order valence-corrected chi connectivity index (χ2v) is 2.25. The van der Waals surface area contributed by atoms with Crippen LogP contribution in [0.25, 0.3) is 6.08 Å². The Hall–Kier alpha value is -1.02. The Bertz CT molecular complexity index is 223. The maximum Gasteiger partial charge on any atom is 0.0110 e. The zero-order valence-corrected chi connectivity index (χ0v) is 6.12. The highest BCUT2D eigenvalue weighted by Gasteiger charge is 1.85. The second kappa shape index (κ2) is 3.22. The summed E-state index contributed by atoms with van der Waals surface area (Å²) in [5, 5.41) is 0. The molecule has 2 nitrogen and oxygen atoms in total. The fraction of sp³-hybridized carbons (Fsp3) is 0.250. The van der Waals surface area contributed by atoms with Gasteiger partial charge in [0, 0.05) is 26.0 Å². The van der Waals surface area contributed by atoms with Gasteiger partial charge < -0.3 is 10.3 Å². The molecular formula is C8H12N2. The molecule has 1 aromatic rings. The molecule has 0 aliphatic rings. The molecule has 1 heterocycles. The Labute approximate surface area is 61.0 Å². The van der Waals surface area contributed by atoms with E-state index in [9.17, 15) is 0 Å². The van der Waals surface area contributed by atoms with Crippen molar-refractivity contribution in [2.24, 2.45) is 12.8 Å². The zero-order chi connectivity index (χ0) is 7.40. The molecule has 0 fully saturated rings. The first-order valence-corrected chi connectivity index (χ1v) is 3.31. The molecule has 0 radical (unpaired) electrons. The van der Waals surface area contributed by atoms with Crippen LogP contribution in [0.5, 0.6) is 0 Å². The van der Waals surface area contributed by atoms with Crippen molar-refractivity contribution in [2.75, 3.05) is 6.54 Å². The van der Waals surface area contributed by atoms with Crippen LogP contribution in [0, 0.1) is 0 Å². The van der Waals surface area contributed by atoms with E-state index in [4.69, 9.17) is 5.73 Å². The van der Waals surface area contributed by atoms with Gasteiger partial charge in [0.25, 0.3) is 0 Å². The summed E-state index contributed by atoms with van der Waals surface area (Å²) >= 11 is 0. The highest BCUT2D eigenvalue weighted by Crippen LogP contribution is 2.00. The van der Waals surface area contributed by atoms with E-state index in [1.54, 1.807) is 0 Å². The minimum Gasteiger partial charge on any atom is -0.357 e. The number of hydrogen-bond acceptors (Lipinski definition) is 1. The van der Waals surface area contributed by atoms with E-state index < -0.39 is 0 Å². The lowest BCUT2D eigenvalue weighted by Crippen LogP contribution is -1.91. The van der Waals surface area contributed by atoms with Crippen molar-refractivity contribution in [1.29, 1.82) is 0 Å². The van der Waals surface area contributed by atoms with Crippen molar-refractivity contribution < 1.29 is 0 Å². The lowest BCUT2D eigenvalue weighted by molar-refractivity contribution is 0.927. The Morgan fingerprint density at radius 2 is 2.50 bits per heavy atom. The van der Waals surface area contributed by atoms with Gasteiger partial charge in [-0.3, -0.25) is 0 Å². The van der Waals surface area contributed by atoms with Gasteiger partial charge in [-0.25, -0.2) is 0 Å². The molecule has 10 heavy (non-hydrogen) atoms. The molecule has 0 amide bonds. The predicted molar refractivity (Wildman–Crippen MR) is 43.5 cm³/mol. The van der Waals surface area contributed by atoms with Crippen LogP contribution in [0.15, 0.2) is 24.5 Å². The summed E-state index contributed by atoms with van der Waals surface area (Å²) in [5.41, 5.74) is 6.49. The zero-order valence-electron chi connectivity index (χ0n) is 6.12. The summed E-state index contributed by atoms with van der Waals surface area (Å²) in [4.78, 5) is 0. The minimum absolute atomic E-state index is 0.606. The van der Waals surface area contributed by atoms with Crippen LogP contribution < -0.4 is 5.73 Å². The van der Waals surface area contributed by atoms with Gasteiger partial charge in [-0.15, -0.1) is 0 Å². The number of nitrogens with two attached hydrogens (primary N) is 1. The summed E-state index contributed by atoms with van der Waals surface area (Å²) in [6.07, 6.45) is 8.01. The van der Waals surface area contributed by atoms with Gasteiger partial charge >= 0.3 is 0 Å². The third-order valence-electron chi connectivity index (χ3n) is 1.30. The number of aromatic nitrogens is 1. The molecule has 0 spiro atoms. The normalized spacial score (nSPS) is 11.0. The molecule has 0 aliphatic carbocycles. The van der Waals surface area contributed by atoms with Gasteiger partial charge in [-0.05, 0) is 11.6 Å². The van der Waals surface area contributed by atoms with E-state index in [0.29, 0.717) is 6.54 Å². The molecule has 0 unspecified atom stereocenters. The highest BCUT2D eigenvalue weighted by atomic mass is 14.9. The van der Waals surface area contributed by atoms with Gasteiger partial charge in [0.2, 0.25) is 0 Å². The largest absolute Gasteiger partial charge is 0.357 e. The summed E-state index contributed by atoms with van der Waals surface area (Å²) in [6, 6.07) is 2.05. The van der Waals surface area contributed by atoms with Crippen LogP contribution in [0.1, 0.15) is 5.56 Å². The first-order valence-electron chi connectivity index (χ1n) is 3.31. The molecule has 0 saturated carbocycles. The topological polar surface area (TPSA) is 30.9 Å². The van der Waals surface area contributed by atoms with E-state index >= 15 is 0 Å². The van der Waals surface area contributed by atoms with Crippen molar-refractivity contribution in [1.82, 2.24) is 4.57 Å². The maximum atomic E-state index is 5.29. The summed E-state index contributed by atoms with van der Waals surface area (Å²) in [7, 11) is 2.00. The van der Waals surface area contributed by atoms with Crippen LogP contribution in [0.2, 0.25) is 0 Å². The van der Waals surface area contributed by atoms with Gasteiger partial charge in [0.15, 0.2) is 0 Å². The Balaban J connectivity index is 2.67. The summed E-state index contributed by atoms with van der Waals surface area (Å²) in [5.74, 6) is 0. The Morgan fingerprint density at radius 1 is 1.70 bits per heavy atom. The van der Waals surface area contributed by atoms with E-state index in [-0.39, 0.29) is 0 Å². The van der Waals surface area contributed by atoms with E-state index in [2.05, 4.69) is 0 Å². The Morgan fingerprint density at radius 3 is 3.00 bits per heavy atom. The predicted octanol–water partition coefficient (Wildman–Crippen LogP) is 0.997. The quantitative estimate of drug-likeness (QED) is 0.646. The molecule has 0 aliphatic heterocycles. The molecule has 0 aromatic carbocycles. The summed E-state index contributed by atoms with van der Waals surface area (Å²) in [6.45, 7) is 0.606. The van der Waals surface area contributed by atoms with Gasteiger partial charge in [-0.2, -0.15) is 0 Å². The van der Waals surface area contributed by atoms with Crippen LogP contribution >= 0.6 is 0 Å². The minimum atomic E-state index is 0.606. The van der Waals surface area contributed by atoms with Crippen molar-refractivity contribution in [3.8, 4) is 0 Å². The highest BCUT2D eigenvalue weighted by molar-refractivity contribution is 5.47. The third-order valence-corrected chi connectivity index (χ3v) is 1.30. The molecule has 0 saturated heterocycles. The monoisotopic (exact) mass is 136 g/mol. The number of rotatable bonds is 2. The molecule has 54 valence electrons. The van der Waals surface area contributed by atoms with Gasteiger partial charge in [0.1, 0.15) is 0 Å². The van der Waals surface area contributed by atoms with E-state index in [1.165, 1.54) is 5.56 Å². The lowest BCUT2D eigenvalue weighted by atomic mass is 10.3. The number of hydrogen-bond donors (Lipinski definition) is 1. The molecule has 2 N–H and O–H groups in total. The van der Waals surface area contributed by atoms with Gasteiger partial charge in [0.05, 0.1) is 0 Å². The van der Waals surface area contributed by atoms with Crippen LogP contribution in [0.3, 0.4) is 0 Å². The lowest BCUT2D eigenvalue weighted by Gasteiger charge is -1.84. The summed E-state index contributed by atoms with van der Waals surface area (Å²) < 4.78 is 2.01. The Kier molecular flexibility index (Phi) is 2.29. The smallest absolute Gasteiger partial charge is 0.0110 e. The first kappa shape index (κ1) is 7.09.